The summed E-state index contributed by atoms with van der Waals surface area (Å²) in [6.07, 6.45) is 0.764. The lowest BCUT2D eigenvalue weighted by molar-refractivity contribution is 0.170. The summed E-state index contributed by atoms with van der Waals surface area (Å²) < 4.78 is 16.3. The normalized spacial score (nSPS) is 15.7. The number of ether oxygens (including phenoxy) is 3. The van der Waals surface area contributed by atoms with Gasteiger partial charge in [-0.3, -0.25) is 0 Å². The SMILES string of the molecule is COc1cc2c(cc1CC(C)N)OCCO2. The third kappa shape index (κ3) is 2.22. The number of benzene rings is 1. The summed E-state index contributed by atoms with van der Waals surface area (Å²) in [5.41, 5.74) is 6.85. The van der Waals surface area contributed by atoms with Crippen molar-refractivity contribution >= 4 is 0 Å². The van der Waals surface area contributed by atoms with E-state index < -0.39 is 0 Å². The maximum atomic E-state index is 5.80. The van der Waals surface area contributed by atoms with Gasteiger partial charge in [-0.15, -0.1) is 0 Å². The second kappa shape index (κ2) is 4.61. The predicted molar refractivity (Wildman–Crippen MR) is 61.3 cm³/mol. The first-order valence-corrected chi connectivity index (χ1v) is 5.43. The lowest BCUT2D eigenvalue weighted by Crippen LogP contribution is -2.19. The van der Waals surface area contributed by atoms with Crippen molar-refractivity contribution < 1.29 is 14.2 Å². The van der Waals surface area contributed by atoms with Gasteiger partial charge in [0, 0.05) is 12.1 Å². The molecular formula is C12H17NO3. The van der Waals surface area contributed by atoms with Crippen molar-refractivity contribution in [1.82, 2.24) is 0 Å². The second-order valence-corrected chi connectivity index (χ2v) is 3.99. The first-order chi connectivity index (χ1) is 7.70. The van der Waals surface area contributed by atoms with E-state index in [1.54, 1.807) is 7.11 Å². The molecule has 0 aliphatic carbocycles. The minimum absolute atomic E-state index is 0.0939. The molecule has 4 heteroatoms. The Balaban J connectivity index is 2.35. The lowest BCUT2D eigenvalue weighted by Gasteiger charge is -2.21. The van der Waals surface area contributed by atoms with Gasteiger partial charge in [0.05, 0.1) is 7.11 Å². The molecule has 0 aromatic heterocycles. The van der Waals surface area contributed by atoms with Crippen molar-refractivity contribution in [3.05, 3.63) is 17.7 Å². The van der Waals surface area contributed by atoms with E-state index in [2.05, 4.69) is 0 Å². The molecule has 0 saturated carbocycles. The molecule has 4 nitrogen and oxygen atoms in total. The highest BCUT2D eigenvalue weighted by Crippen LogP contribution is 2.37. The summed E-state index contributed by atoms with van der Waals surface area (Å²) in [4.78, 5) is 0. The average molecular weight is 223 g/mol. The van der Waals surface area contributed by atoms with Crippen LogP contribution in [-0.4, -0.2) is 26.4 Å². The molecule has 0 amide bonds. The average Bonchev–Trinajstić information content (AvgIpc) is 2.27. The molecule has 88 valence electrons. The molecule has 2 rings (SSSR count). The van der Waals surface area contributed by atoms with Crippen LogP contribution in [0.5, 0.6) is 17.2 Å². The smallest absolute Gasteiger partial charge is 0.165 e. The van der Waals surface area contributed by atoms with Crippen LogP contribution in [0.3, 0.4) is 0 Å². The van der Waals surface area contributed by atoms with Gasteiger partial charge in [0.25, 0.3) is 0 Å². The first-order valence-electron chi connectivity index (χ1n) is 5.43. The molecule has 0 radical (unpaired) electrons. The summed E-state index contributed by atoms with van der Waals surface area (Å²) in [5, 5.41) is 0. The fraction of sp³-hybridized carbons (Fsp3) is 0.500. The van der Waals surface area contributed by atoms with Crippen molar-refractivity contribution in [2.75, 3.05) is 20.3 Å². The summed E-state index contributed by atoms with van der Waals surface area (Å²) >= 11 is 0. The van der Waals surface area contributed by atoms with E-state index in [9.17, 15) is 0 Å². The minimum Gasteiger partial charge on any atom is -0.496 e. The fourth-order valence-electron chi connectivity index (χ4n) is 1.81. The maximum Gasteiger partial charge on any atom is 0.165 e. The first kappa shape index (κ1) is 11.1. The van der Waals surface area contributed by atoms with Crippen LogP contribution in [0.4, 0.5) is 0 Å². The van der Waals surface area contributed by atoms with Crippen LogP contribution in [0.15, 0.2) is 12.1 Å². The van der Waals surface area contributed by atoms with Crippen molar-refractivity contribution in [3.63, 3.8) is 0 Å². The molecule has 1 aromatic carbocycles. The number of rotatable bonds is 3. The van der Waals surface area contributed by atoms with Gasteiger partial charge in [0.1, 0.15) is 19.0 Å². The number of hydrogen-bond donors (Lipinski definition) is 1. The van der Waals surface area contributed by atoms with E-state index in [1.165, 1.54) is 0 Å². The molecule has 2 N–H and O–H groups in total. The van der Waals surface area contributed by atoms with Gasteiger partial charge in [-0.1, -0.05) is 0 Å². The van der Waals surface area contributed by atoms with Crippen LogP contribution in [-0.2, 0) is 6.42 Å². The molecule has 1 atom stereocenters. The lowest BCUT2D eigenvalue weighted by atomic mass is 10.1. The second-order valence-electron chi connectivity index (χ2n) is 3.99. The number of hydrogen-bond acceptors (Lipinski definition) is 4. The van der Waals surface area contributed by atoms with Crippen LogP contribution in [0.1, 0.15) is 12.5 Å². The van der Waals surface area contributed by atoms with Gasteiger partial charge >= 0.3 is 0 Å². The largest absolute Gasteiger partial charge is 0.496 e. The van der Waals surface area contributed by atoms with Crippen LogP contribution in [0.25, 0.3) is 0 Å². The quantitative estimate of drug-likeness (QED) is 0.840. The zero-order valence-corrected chi connectivity index (χ0v) is 9.66. The van der Waals surface area contributed by atoms with Gasteiger partial charge in [-0.05, 0) is 25.0 Å². The van der Waals surface area contributed by atoms with E-state index in [-0.39, 0.29) is 6.04 Å². The van der Waals surface area contributed by atoms with Crippen molar-refractivity contribution in [1.29, 1.82) is 0 Å². The molecule has 0 fully saturated rings. The summed E-state index contributed by atoms with van der Waals surface area (Å²) in [7, 11) is 1.65. The maximum absolute atomic E-state index is 5.80. The van der Waals surface area contributed by atoms with E-state index in [1.807, 2.05) is 19.1 Å². The van der Waals surface area contributed by atoms with Crippen molar-refractivity contribution in [3.8, 4) is 17.2 Å². The zero-order valence-electron chi connectivity index (χ0n) is 9.66. The highest BCUT2D eigenvalue weighted by molar-refractivity contribution is 5.51. The van der Waals surface area contributed by atoms with Crippen molar-refractivity contribution in [2.45, 2.75) is 19.4 Å². The van der Waals surface area contributed by atoms with Gasteiger partial charge < -0.3 is 19.9 Å². The Morgan fingerprint density at radius 3 is 2.50 bits per heavy atom. The Labute approximate surface area is 95.3 Å². The number of nitrogens with two attached hydrogens (primary N) is 1. The minimum atomic E-state index is 0.0939. The standard InChI is InChI=1S/C12H17NO3/c1-8(13)5-9-6-11-12(7-10(9)14-2)16-4-3-15-11/h6-8H,3-5,13H2,1-2H3. The predicted octanol–water partition coefficient (Wildman–Crippen LogP) is 1.36. The molecule has 0 spiro atoms. The zero-order chi connectivity index (χ0) is 11.5. The number of fused-ring (bicyclic) bond motifs is 1. The molecule has 1 aliphatic heterocycles. The Kier molecular flexibility index (Phi) is 3.19. The molecule has 1 aromatic rings. The van der Waals surface area contributed by atoms with E-state index in [0.29, 0.717) is 13.2 Å². The van der Waals surface area contributed by atoms with Gasteiger partial charge in [0.15, 0.2) is 11.5 Å². The molecule has 16 heavy (non-hydrogen) atoms. The van der Waals surface area contributed by atoms with E-state index in [0.717, 1.165) is 29.2 Å². The monoisotopic (exact) mass is 223 g/mol. The number of methoxy groups -OCH3 is 1. The molecule has 1 unspecified atom stereocenters. The molecule has 0 saturated heterocycles. The van der Waals surface area contributed by atoms with Crippen LogP contribution in [0.2, 0.25) is 0 Å². The Morgan fingerprint density at radius 1 is 1.31 bits per heavy atom. The molecule has 0 bridgehead atoms. The van der Waals surface area contributed by atoms with Gasteiger partial charge in [-0.2, -0.15) is 0 Å². The highest BCUT2D eigenvalue weighted by Gasteiger charge is 2.16. The van der Waals surface area contributed by atoms with E-state index in [4.69, 9.17) is 19.9 Å². The van der Waals surface area contributed by atoms with Crippen LogP contribution in [0, 0.1) is 0 Å². The highest BCUT2D eigenvalue weighted by atomic mass is 16.6. The summed E-state index contributed by atoms with van der Waals surface area (Å²) in [6.45, 7) is 3.15. The van der Waals surface area contributed by atoms with E-state index >= 15 is 0 Å². The third-order valence-electron chi connectivity index (χ3n) is 2.49. The summed E-state index contributed by atoms with van der Waals surface area (Å²) in [5.74, 6) is 2.33. The molecule has 1 heterocycles. The Morgan fingerprint density at radius 2 is 1.94 bits per heavy atom. The molecular weight excluding hydrogens is 206 g/mol. The Bertz CT molecular complexity index is 377. The van der Waals surface area contributed by atoms with Crippen LogP contribution < -0.4 is 19.9 Å². The Hall–Kier alpha value is -1.42. The van der Waals surface area contributed by atoms with Gasteiger partial charge in [0.2, 0.25) is 0 Å². The topological polar surface area (TPSA) is 53.7 Å². The fourth-order valence-corrected chi connectivity index (χ4v) is 1.81. The third-order valence-corrected chi connectivity index (χ3v) is 2.49. The van der Waals surface area contributed by atoms with Gasteiger partial charge in [-0.25, -0.2) is 0 Å². The molecule has 1 aliphatic rings. The summed E-state index contributed by atoms with van der Waals surface area (Å²) in [6, 6.07) is 3.92. The van der Waals surface area contributed by atoms with Crippen LogP contribution >= 0.6 is 0 Å². The van der Waals surface area contributed by atoms with Crippen molar-refractivity contribution in [2.24, 2.45) is 5.73 Å².